The SMILES string of the molecule is CC(C)c1cc2c(o1)C(N)(CO)CCC2. The summed E-state index contributed by atoms with van der Waals surface area (Å²) in [4.78, 5) is 0. The Morgan fingerprint density at radius 3 is 2.93 bits per heavy atom. The van der Waals surface area contributed by atoms with Gasteiger partial charge in [-0.3, -0.25) is 0 Å². The molecule has 1 aromatic rings. The van der Waals surface area contributed by atoms with Gasteiger partial charge in [0.05, 0.1) is 12.1 Å². The lowest BCUT2D eigenvalue weighted by Crippen LogP contribution is -2.42. The zero-order chi connectivity index (χ0) is 11.1. The molecule has 0 radical (unpaired) electrons. The molecule has 84 valence electrons. The van der Waals surface area contributed by atoms with Crippen molar-refractivity contribution in [1.82, 2.24) is 0 Å². The highest BCUT2D eigenvalue weighted by atomic mass is 16.3. The Kier molecular flexibility index (Phi) is 2.61. The number of rotatable bonds is 2. The molecule has 0 bridgehead atoms. The zero-order valence-electron chi connectivity index (χ0n) is 9.42. The highest BCUT2D eigenvalue weighted by Gasteiger charge is 2.36. The molecule has 0 saturated heterocycles. The van der Waals surface area contributed by atoms with E-state index in [1.807, 2.05) is 0 Å². The summed E-state index contributed by atoms with van der Waals surface area (Å²) in [6.07, 6.45) is 2.85. The lowest BCUT2D eigenvalue weighted by Gasteiger charge is -2.29. The quantitative estimate of drug-likeness (QED) is 0.782. The first-order valence-electron chi connectivity index (χ1n) is 5.59. The Balaban J connectivity index is 2.43. The van der Waals surface area contributed by atoms with Crippen molar-refractivity contribution in [1.29, 1.82) is 0 Å². The maximum atomic E-state index is 9.36. The van der Waals surface area contributed by atoms with E-state index in [0.29, 0.717) is 5.92 Å². The van der Waals surface area contributed by atoms with Crippen molar-refractivity contribution in [2.24, 2.45) is 5.73 Å². The number of hydrogen-bond acceptors (Lipinski definition) is 3. The van der Waals surface area contributed by atoms with Gasteiger partial charge in [-0.1, -0.05) is 13.8 Å². The van der Waals surface area contributed by atoms with Crippen LogP contribution in [0, 0.1) is 0 Å². The minimum absolute atomic E-state index is 0.0367. The van der Waals surface area contributed by atoms with Crippen molar-refractivity contribution in [2.75, 3.05) is 6.61 Å². The summed E-state index contributed by atoms with van der Waals surface area (Å²) in [6.45, 7) is 4.16. The molecule has 3 nitrogen and oxygen atoms in total. The second-order valence-corrected chi connectivity index (χ2v) is 4.83. The molecule has 0 spiro atoms. The van der Waals surface area contributed by atoms with Crippen LogP contribution in [-0.2, 0) is 12.0 Å². The number of furan rings is 1. The molecule has 1 aliphatic rings. The van der Waals surface area contributed by atoms with E-state index in [-0.39, 0.29) is 6.61 Å². The van der Waals surface area contributed by atoms with E-state index < -0.39 is 5.54 Å². The van der Waals surface area contributed by atoms with Crippen LogP contribution in [0.1, 0.15) is 49.7 Å². The van der Waals surface area contributed by atoms with Crippen LogP contribution < -0.4 is 5.73 Å². The van der Waals surface area contributed by atoms with Gasteiger partial charge in [-0.2, -0.15) is 0 Å². The second-order valence-electron chi connectivity index (χ2n) is 4.83. The van der Waals surface area contributed by atoms with Crippen LogP contribution >= 0.6 is 0 Å². The summed E-state index contributed by atoms with van der Waals surface area (Å²) < 4.78 is 5.79. The highest BCUT2D eigenvalue weighted by molar-refractivity contribution is 5.31. The predicted octanol–water partition coefficient (Wildman–Crippen LogP) is 1.89. The molecule has 1 unspecified atom stereocenters. The summed E-state index contributed by atoms with van der Waals surface area (Å²) in [5.41, 5.74) is 6.67. The number of fused-ring (bicyclic) bond motifs is 1. The second kappa shape index (κ2) is 3.65. The van der Waals surface area contributed by atoms with E-state index in [1.54, 1.807) is 0 Å². The van der Waals surface area contributed by atoms with Gasteiger partial charge in [-0.15, -0.1) is 0 Å². The Morgan fingerprint density at radius 1 is 1.60 bits per heavy atom. The molecule has 0 aliphatic heterocycles. The van der Waals surface area contributed by atoms with Crippen LogP contribution in [0.5, 0.6) is 0 Å². The van der Waals surface area contributed by atoms with Crippen LogP contribution in [0.4, 0.5) is 0 Å². The van der Waals surface area contributed by atoms with Crippen LogP contribution in [0.25, 0.3) is 0 Å². The Bertz CT molecular complexity index is 357. The minimum Gasteiger partial charge on any atom is -0.463 e. The van der Waals surface area contributed by atoms with E-state index in [1.165, 1.54) is 5.56 Å². The van der Waals surface area contributed by atoms with Crippen molar-refractivity contribution < 1.29 is 9.52 Å². The van der Waals surface area contributed by atoms with Gasteiger partial charge in [-0.05, 0) is 30.9 Å². The summed E-state index contributed by atoms with van der Waals surface area (Å²) in [5, 5.41) is 9.36. The number of aryl methyl sites for hydroxylation is 1. The molecule has 0 aromatic carbocycles. The van der Waals surface area contributed by atoms with Gasteiger partial charge in [0.1, 0.15) is 11.5 Å². The highest BCUT2D eigenvalue weighted by Crippen LogP contribution is 2.36. The van der Waals surface area contributed by atoms with Gasteiger partial charge in [0.25, 0.3) is 0 Å². The maximum absolute atomic E-state index is 9.36. The van der Waals surface area contributed by atoms with E-state index in [4.69, 9.17) is 10.2 Å². The van der Waals surface area contributed by atoms with Crippen LogP contribution in [0.2, 0.25) is 0 Å². The first-order chi connectivity index (χ1) is 7.07. The van der Waals surface area contributed by atoms with Crippen molar-refractivity contribution in [3.8, 4) is 0 Å². The van der Waals surface area contributed by atoms with Gasteiger partial charge < -0.3 is 15.3 Å². The number of aliphatic hydroxyl groups excluding tert-OH is 1. The molecule has 3 N–H and O–H groups in total. The van der Waals surface area contributed by atoms with Crippen LogP contribution in [-0.4, -0.2) is 11.7 Å². The van der Waals surface area contributed by atoms with E-state index in [9.17, 15) is 5.11 Å². The molecule has 3 heteroatoms. The van der Waals surface area contributed by atoms with E-state index >= 15 is 0 Å². The standard InChI is InChI=1S/C12H19NO2/c1-8(2)10-6-9-4-3-5-12(13,7-14)11(9)15-10/h6,8,14H,3-5,7,13H2,1-2H3. The topological polar surface area (TPSA) is 59.4 Å². The van der Waals surface area contributed by atoms with Gasteiger partial charge in [0.2, 0.25) is 0 Å². The van der Waals surface area contributed by atoms with Gasteiger partial charge in [0.15, 0.2) is 0 Å². The largest absolute Gasteiger partial charge is 0.463 e. The summed E-state index contributed by atoms with van der Waals surface area (Å²) in [7, 11) is 0. The van der Waals surface area contributed by atoms with Crippen molar-refractivity contribution >= 4 is 0 Å². The van der Waals surface area contributed by atoms with Crippen molar-refractivity contribution in [3.63, 3.8) is 0 Å². The third-order valence-corrected chi connectivity index (χ3v) is 3.20. The first-order valence-corrected chi connectivity index (χ1v) is 5.59. The fraction of sp³-hybridized carbons (Fsp3) is 0.667. The van der Waals surface area contributed by atoms with Crippen LogP contribution in [0.3, 0.4) is 0 Å². The Labute approximate surface area is 90.3 Å². The molecule has 0 amide bonds. The molecule has 0 fully saturated rings. The predicted molar refractivity (Wildman–Crippen MR) is 58.7 cm³/mol. The molecule has 0 saturated carbocycles. The fourth-order valence-electron chi connectivity index (χ4n) is 2.20. The molecule has 15 heavy (non-hydrogen) atoms. The smallest absolute Gasteiger partial charge is 0.129 e. The van der Waals surface area contributed by atoms with Crippen molar-refractivity contribution in [3.05, 3.63) is 23.2 Å². The lowest BCUT2D eigenvalue weighted by molar-refractivity contribution is 0.153. The first kappa shape index (κ1) is 10.7. The molecule has 2 rings (SSSR count). The molecule has 1 aromatic heterocycles. The number of hydrogen-bond donors (Lipinski definition) is 2. The Hall–Kier alpha value is -0.800. The summed E-state index contributed by atoms with van der Waals surface area (Å²) in [6, 6.07) is 2.09. The monoisotopic (exact) mass is 209 g/mol. The van der Waals surface area contributed by atoms with Gasteiger partial charge in [0, 0.05) is 5.92 Å². The van der Waals surface area contributed by atoms with Gasteiger partial charge >= 0.3 is 0 Å². The summed E-state index contributed by atoms with van der Waals surface area (Å²) in [5.74, 6) is 2.16. The molecule has 1 aliphatic carbocycles. The van der Waals surface area contributed by atoms with Crippen LogP contribution in [0.15, 0.2) is 10.5 Å². The fourth-order valence-corrected chi connectivity index (χ4v) is 2.20. The molecular formula is C12H19NO2. The number of nitrogens with two attached hydrogens (primary N) is 1. The molecule has 1 atom stereocenters. The third-order valence-electron chi connectivity index (χ3n) is 3.20. The van der Waals surface area contributed by atoms with E-state index in [0.717, 1.165) is 30.8 Å². The average molecular weight is 209 g/mol. The molecule has 1 heterocycles. The summed E-state index contributed by atoms with van der Waals surface area (Å²) >= 11 is 0. The average Bonchev–Trinajstić information content (AvgIpc) is 2.63. The number of aliphatic hydroxyl groups is 1. The minimum atomic E-state index is -0.652. The lowest BCUT2D eigenvalue weighted by atomic mass is 9.83. The van der Waals surface area contributed by atoms with Gasteiger partial charge in [-0.25, -0.2) is 0 Å². The van der Waals surface area contributed by atoms with E-state index in [2.05, 4.69) is 19.9 Å². The Morgan fingerprint density at radius 2 is 2.33 bits per heavy atom. The normalized spacial score (nSPS) is 25.7. The molecular weight excluding hydrogens is 190 g/mol. The maximum Gasteiger partial charge on any atom is 0.129 e. The zero-order valence-corrected chi connectivity index (χ0v) is 9.42. The van der Waals surface area contributed by atoms with Crippen molar-refractivity contribution in [2.45, 2.75) is 44.6 Å². The third kappa shape index (κ3) is 1.70.